The highest BCUT2D eigenvalue weighted by molar-refractivity contribution is 6.33. The first-order valence-electron chi connectivity index (χ1n) is 14.4. The maximum atomic E-state index is 13.2. The van der Waals surface area contributed by atoms with E-state index in [4.69, 9.17) is 27.1 Å². The van der Waals surface area contributed by atoms with Crippen LogP contribution in [0.1, 0.15) is 50.2 Å². The first-order chi connectivity index (χ1) is 20.2. The van der Waals surface area contributed by atoms with E-state index in [2.05, 4.69) is 30.7 Å². The molecule has 42 heavy (non-hydrogen) atoms. The van der Waals surface area contributed by atoms with Gasteiger partial charge in [-0.25, -0.2) is 9.97 Å². The number of hydrogen-bond acceptors (Lipinski definition) is 9. The zero-order valence-corrected chi connectivity index (χ0v) is 24.0. The van der Waals surface area contributed by atoms with Gasteiger partial charge in [0.05, 0.1) is 17.3 Å². The molecular weight excluding hydrogens is 571 g/mol. The monoisotopic (exact) mass is 605 g/mol. The predicted molar refractivity (Wildman–Crippen MR) is 153 cm³/mol. The minimum absolute atomic E-state index is 0.231. The molecule has 0 amide bonds. The van der Waals surface area contributed by atoms with Crippen LogP contribution in [0.4, 0.5) is 24.8 Å². The van der Waals surface area contributed by atoms with Crippen molar-refractivity contribution < 1.29 is 17.9 Å². The lowest BCUT2D eigenvalue weighted by atomic mass is 9.89. The molecule has 4 N–H and O–H groups in total. The first-order valence-corrected chi connectivity index (χ1v) is 14.8. The van der Waals surface area contributed by atoms with E-state index in [1.165, 1.54) is 4.57 Å². The van der Waals surface area contributed by atoms with Crippen molar-refractivity contribution in [2.24, 2.45) is 5.73 Å². The Bertz CT molecular complexity index is 1390. The van der Waals surface area contributed by atoms with Gasteiger partial charge in [0.25, 0.3) is 0 Å². The van der Waals surface area contributed by atoms with E-state index in [9.17, 15) is 13.2 Å². The zero-order valence-electron chi connectivity index (χ0n) is 23.2. The highest BCUT2D eigenvalue weighted by atomic mass is 35.5. The van der Waals surface area contributed by atoms with Gasteiger partial charge in [-0.05, 0) is 56.7 Å². The topological polar surface area (TPSA) is 119 Å². The molecule has 1 saturated heterocycles. The van der Waals surface area contributed by atoms with E-state index in [1.807, 2.05) is 24.3 Å². The van der Waals surface area contributed by atoms with Crippen LogP contribution < -0.4 is 16.4 Å². The van der Waals surface area contributed by atoms with Crippen LogP contribution in [-0.2, 0) is 24.0 Å². The summed E-state index contributed by atoms with van der Waals surface area (Å²) in [5.41, 5.74) is 7.73. The van der Waals surface area contributed by atoms with Gasteiger partial charge in [0.15, 0.2) is 0 Å². The van der Waals surface area contributed by atoms with Crippen LogP contribution >= 0.6 is 11.6 Å². The van der Waals surface area contributed by atoms with Gasteiger partial charge in [0.1, 0.15) is 17.5 Å². The van der Waals surface area contributed by atoms with Crippen LogP contribution in [0.25, 0.3) is 11.3 Å². The number of nitrogens with zero attached hydrogens (tertiary/aromatic N) is 6. The number of fused-ring (bicyclic) bond motifs is 1. The standard InChI is InChI=1S/C28H35ClF3N9O/c29-21-15-34-24(14-20(21)22-2-1-3-23(37-22)35-17-27(33)8-12-42-13-9-27)36-18-4-6-19(7-5-18)40-10-11-41-25(16-40)38-39-26(41)28(30,31)32/h1-3,14-15,18-19H,4-13,16-17,33H2,(H,34,36)(H,35,37). The number of rotatable bonds is 7. The molecule has 226 valence electrons. The molecule has 0 atom stereocenters. The molecule has 1 saturated carbocycles. The lowest BCUT2D eigenvalue weighted by Gasteiger charge is -2.39. The molecule has 0 aromatic carbocycles. The Labute approximate surface area is 247 Å². The number of anilines is 2. The van der Waals surface area contributed by atoms with Gasteiger partial charge in [-0.15, -0.1) is 10.2 Å². The maximum absolute atomic E-state index is 13.2. The molecule has 0 radical (unpaired) electrons. The molecule has 3 aliphatic rings. The molecule has 14 heteroatoms. The SMILES string of the molecule is NC1(CNc2cccc(-c3cc(NC4CCC(N5CCn6c(nnc6C(F)(F)F)C5)CC4)ncc3Cl)n2)CCOCC1. The molecule has 2 fully saturated rings. The van der Waals surface area contributed by atoms with Gasteiger partial charge in [0, 0.05) is 62.2 Å². The van der Waals surface area contributed by atoms with Crippen LogP contribution in [0.2, 0.25) is 5.02 Å². The Kier molecular flexibility index (Phi) is 8.27. The zero-order chi connectivity index (χ0) is 29.3. The van der Waals surface area contributed by atoms with Crippen molar-refractivity contribution in [1.29, 1.82) is 0 Å². The van der Waals surface area contributed by atoms with Crippen molar-refractivity contribution in [3.63, 3.8) is 0 Å². The average Bonchev–Trinajstić information content (AvgIpc) is 3.42. The molecular formula is C28H35ClF3N9O. The third kappa shape index (κ3) is 6.48. The summed E-state index contributed by atoms with van der Waals surface area (Å²) < 4.78 is 46.2. The quantitative estimate of drug-likeness (QED) is 0.356. The highest BCUT2D eigenvalue weighted by Gasteiger charge is 2.40. The maximum Gasteiger partial charge on any atom is 0.451 e. The van der Waals surface area contributed by atoms with Crippen LogP contribution in [0.3, 0.4) is 0 Å². The molecule has 0 bridgehead atoms. The molecule has 3 aromatic rings. The summed E-state index contributed by atoms with van der Waals surface area (Å²) >= 11 is 6.55. The summed E-state index contributed by atoms with van der Waals surface area (Å²) in [5.74, 6) is 0.935. The van der Waals surface area contributed by atoms with Crippen molar-refractivity contribution in [2.75, 3.05) is 36.9 Å². The van der Waals surface area contributed by atoms with Crippen LogP contribution in [0.5, 0.6) is 0 Å². The second-order valence-electron chi connectivity index (χ2n) is 11.5. The summed E-state index contributed by atoms with van der Waals surface area (Å²) in [6.45, 7) is 3.14. The Morgan fingerprint density at radius 2 is 1.86 bits per heavy atom. The Morgan fingerprint density at radius 3 is 2.62 bits per heavy atom. The number of nitrogens with two attached hydrogens (primary N) is 1. The average molecular weight is 606 g/mol. The van der Waals surface area contributed by atoms with E-state index in [-0.39, 0.29) is 18.1 Å². The number of hydrogen-bond donors (Lipinski definition) is 3. The van der Waals surface area contributed by atoms with E-state index in [0.29, 0.717) is 49.7 Å². The summed E-state index contributed by atoms with van der Waals surface area (Å²) in [7, 11) is 0. The van der Waals surface area contributed by atoms with Crippen LogP contribution in [0, 0.1) is 0 Å². The van der Waals surface area contributed by atoms with Crippen molar-refractivity contribution in [2.45, 2.75) is 75.4 Å². The largest absolute Gasteiger partial charge is 0.451 e. The summed E-state index contributed by atoms with van der Waals surface area (Å²) in [6.07, 6.45) is 2.47. The van der Waals surface area contributed by atoms with E-state index >= 15 is 0 Å². The second-order valence-corrected chi connectivity index (χ2v) is 11.9. The van der Waals surface area contributed by atoms with E-state index < -0.39 is 12.0 Å². The van der Waals surface area contributed by atoms with Gasteiger partial charge >= 0.3 is 6.18 Å². The fourth-order valence-electron chi connectivity index (χ4n) is 6.11. The molecule has 2 aliphatic heterocycles. The van der Waals surface area contributed by atoms with E-state index in [1.54, 1.807) is 6.20 Å². The fourth-order valence-corrected chi connectivity index (χ4v) is 6.31. The third-order valence-corrected chi connectivity index (χ3v) is 8.89. The summed E-state index contributed by atoms with van der Waals surface area (Å²) in [5, 5.41) is 14.7. The smallest absolute Gasteiger partial charge is 0.381 e. The van der Waals surface area contributed by atoms with Gasteiger partial charge in [-0.1, -0.05) is 17.7 Å². The Balaban J connectivity index is 1.05. The molecule has 3 aromatic heterocycles. The number of alkyl halides is 3. The van der Waals surface area contributed by atoms with Crippen molar-refractivity contribution in [1.82, 2.24) is 29.6 Å². The minimum atomic E-state index is -4.49. The number of ether oxygens (including phenoxy) is 1. The first kappa shape index (κ1) is 29.1. The minimum Gasteiger partial charge on any atom is -0.381 e. The van der Waals surface area contributed by atoms with Crippen LogP contribution in [-0.4, -0.2) is 73.6 Å². The predicted octanol–water partition coefficient (Wildman–Crippen LogP) is 4.57. The van der Waals surface area contributed by atoms with Gasteiger partial charge < -0.3 is 25.7 Å². The number of pyridine rings is 2. The molecule has 1 aliphatic carbocycles. The highest BCUT2D eigenvalue weighted by Crippen LogP contribution is 2.33. The second kappa shape index (κ2) is 11.9. The number of aromatic nitrogens is 5. The lowest BCUT2D eigenvalue weighted by molar-refractivity contribution is -0.148. The molecule has 6 rings (SSSR count). The molecule has 0 spiro atoms. The molecule has 0 unspecified atom stereocenters. The number of nitrogens with one attached hydrogen (secondary N) is 2. The van der Waals surface area contributed by atoms with Gasteiger partial charge in [-0.2, -0.15) is 13.2 Å². The van der Waals surface area contributed by atoms with E-state index in [0.717, 1.165) is 61.4 Å². The van der Waals surface area contributed by atoms with Gasteiger partial charge in [0.2, 0.25) is 5.82 Å². The Hall–Kier alpha value is -3.00. The van der Waals surface area contributed by atoms with Crippen molar-refractivity contribution in [3.05, 3.63) is 47.1 Å². The van der Waals surface area contributed by atoms with Gasteiger partial charge in [-0.3, -0.25) is 4.90 Å². The fraction of sp³-hybridized carbons (Fsp3) is 0.571. The normalized spacial score (nSPS) is 22.9. The number of halogens is 4. The molecule has 5 heterocycles. The van der Waals surface area contributed by atoms with Crippen molar-refractivity contribution in [3.8, 4) is 11.3 Å². The molecule has 10 nitrogen and oxygen atoms in total. The van der Waals surface area contributed by atoms with Crippen LogP contribution in [0.15, 0.2) is 30.5 Å². The summed E-state index contributed by atoms with van der Waals surface area (Å²) in [4.78, 5) is 11.5. The summed E-state index contributed by atoms with van der Waals surface area (Å²) in [6, 6.07) is 8.24. The van der Waals surface area contributed by atoms with Crippen molar-refractivity contribution >= 4 is 23.2 Å². The Morgan fingerprint density at radius 1 is 1.07 bits per heavy atom. The lowest BCUT2D eigenvalue weighted by Crippen LogP contribution is -2.50. The third-order valence-electron chi connectivity index (χ3n) is 8.59.